The molecule has 0 saturated heterocycles. The van der Waals surface area contributed by atoms with Crippen LogP contribution in [0.25, 0.3) is 5.69 Å². The molecule has 0 bridgehead atoms. The third-order valence-corrected chi connectivity index (χ3v) is 3.33. The molecule has 0 aliphatic carbocycles. The minimum atomic E-state index is 0.616. The van der Waals surface area contributed by atoms with Crippen LogP contribution in [0.2, 0.25) is 0 Å². The zero-order valence-corrected chi connectivity index (χ0v) is 12.2. The number of oxazole rings is 1. The lowest BCUT2D eigenvalue weighted by Crippen LogP contribution is -2.12. The highest BCUT2D eigenvalue weighted by Gasteiger charge is 2.05. The SMILES string of the molecule is Cc1nc(CNCc2cnn(-c3ccccc3)c2)oc1C. The largest absolute Gasteiger partial charge is 0.444 e. The van der Waals surface area contributed by atoms with E-state index in [2.05, 4.69) is 15.4 Å². The van der Waals surface area contributed by atoms with Crippen LogP contribution in [0.15, 0.2) is 47.1 Å². The summed E-state index contributed by atoms with van der Waals surface area (Å²) in [6, 6.07) is 10.1. The average molecular weight is 282 g/mol. The van der Waals surface area contributed by atoms with E-state index in [1.54, 1.807) is 0 Å². The summed E-state index contributed by atoms with van der Waals surface area (Å²) < 4.78 is 7.40. The molecule has 5 heteroatoms. The number of aromatic nitrogens is 3. The standard InChI is InChI=1S/C16H18N4O/c1-12-13(2)21-16(19-12)10-17-8-14-9-18-20(11-14)15-6-4-3-5-7-15/h3-7,9,11,17H,8,10H2,1-2H3. The number of hydrogen-bond acceptors (Lipinski definition) is 4. The Morgan fingerprint density at radius 2 is 1.95 bits per heavy atom. The Bertz CT molecular complexity index is 695. The molecule has 21 heavy (non-hydrogen) atoms. The predicted octanol–water partition coefficient (Wildman–Crippen LogP) is 2.77. The van der Waals surface area contributed by atoms with Gasteiger partial charge in [-0.3, -0.25) is 0 Å². The number of aryl methyl sites for hydroxylation is 2. The van der Waals surface area contributed by atoms with Crippen molar-refractivity contribution < 1.29 is 4.42 Å². The van der Waals surface area contributed by atoms with E-state index in [1.807, 2.05) is 61.3 Å². The first-order valence-corrected chi connectivity index (χ1v) is 6.95. The maximum Gasteiger partial charge on any atom is 0.208 e. The molecular formula is C16H18N4O. The number of para-hydroxylation sites is 1. The van der Waals surface area contributed by atoms with Crippen LogP contribution in [0.3, 0.4) is 0 Å². The van der Waals surface area contributed by atoms with Crippen LogP contribution in [-0.4, -0.2) is 14.8 Å². The van der Waals surface area contributed by atoms with Crippen molar-refractivity contribution in [1.82, 2.24) is 20.1 Å². The van der Waals surface area contributed by atoms with E-state index in [4.69, 9.17) is 4.42 Å². The minimum absolute atomic E-state index is 0.616. The second-order valence-corrected chi connectivity index (χ2v) is 4.98. The first-order valence-electron chi connectivity index (χ1n) is 6.95. The highest BCUT2D eigenvalue weighted by Crippen LogP contribution is 2.09. The van der Waals surface area contributed by atoms with Gasteiger partial charge in [0.2, 0.25) is 5.89 Å². The van der Waals surface area contributed by atoms with Gasteiger partial charge >= 0.3 is 0 Å². The first-order chi connectivity index (χ1) is 10.2. The summed E-state index contributed by atoms with van der Waals surface area (Å²) in [5.41, 5.74) is 3.13. The Hall–Kier alpha value is -2.40. The van der Waals surface area contributed by atoms with Gasteiger partial charge in [-0.25, -0.2) is 9.67 Å². The Morgan fingerprint density at radius 3 is 2.67 bits per heavy atom. The van der Waals surface area contributed by atoms with E-state index in [0.717, 1.165) is 35.1 Å². The average Bonchev–Trinajstić information content (AvgIpc) is 3.08. The monoisotopic (exact) mass is 282 g/mol. The lowest BCUT2D eigenvalue weighted by molar-refractivity contribution is 0.448. The second-order valence-electron chi connectivity index (χ2n) is 4.98. The van der Waals surface area contributed by atoms with Gasteiger partial charge in [0.1, 0.15) is 5.76 Å². The van der Waals surface area contributed by atoms with Crippen LogP contribution in [0.1, 0.15) is 22.9 Å². The summed E-state index contributed by atoms with van der Waals surface area (Å²) in [5, 5.41) is 7.68. The number of nitrogens with zero attached hydrogens (tertiary/aromatic N) is 3. The molecule has 3 aromatic rings. The number of hydrogen-bond donors (Lipinski definition) is 1. The van der Waals surface area contributed by atoms with E-state index in [-0.39, 0.29) is 0 Å². The molecule has 0 aliphatic rings. The van der Waals surface area contributed by atoms with Gasteiger partial charge in [-0.1, -0.05) is 18.2 Å². The predicted molar refractivity (Wildman–Crippen MR) is 80.1 cm³/mol. The molecule has 108 valence electrons. The molecule has 0 saturated carbocycles. The van der Waals surface area contributed by atoms with Gasteiger partial charge in [-0.05, 0) is 26.0 Å². The van der Waals surface area contributed by atoms with Gasteiger partial charge in [0.25, 0.3) is 0 Å². The summed E-state index contributed by atoms with van der Waals surface area (Å²) in [4.78, 5) is 4.34. The molecule has 0 amide bonds. The Kier molecular flexibility index (Phi) is 3.83. The normalized spacial score (nSPS) is 11.0. The fourth-order valence-corrected chi connectivity index (χ4v) is 2.10. The highest BCUT2D eigenvalue weighted by molar-refractivity contribution is 5.30. The fraction of sp³-hybridized carbons (Fsp3) is 0.250. The lowest BCUT2D eigenvalue weighted by Gasteiger charge is -2.00. The quantitative estimate of drug-likeness (QED) is 0.782. The molecular weight excluding hydrogens is 264 g/mol. The maximum atomic E-state index is 5.53. The zero-order chi connectivity index (χ0) is 14.7. The summed E-state index contributed by atoms with van der Waals surface area (Å²) in [6.07, 6.45) is 3.89. The topological polar surface area (TPSA) is 55.9 Å². The Balaban J connectivity index is 1.58. The first kappa shape index (κ1) is 13.6. The molecule has 5 nitrogen and oxygen atoms in total. The van der Waals surface area contributed by atoms with E-state index >= 15 is 0 Å². The third-order valence-electron chi connectivity index (χ3n) is 3.33. The van der Waals surface area contributed by atoms with Crippen molar-refractivity contribution in [2.24, 2.45) is 0 Å². The molecule has 0 aliphatic heterocycles. The van der Waals surface area contributed by atoms with Crippen molar-refractivity contribution in [3.8, 4) is 5.69 Å². The van der Waals surface area contributed by atoms with Crippen molar-refractivity contribution in [1.29, 1.82) is 0 Å². The van der Waals surface area contributed by atoms with Gasteiger partial charge in [-0.15, -0.1) is 0 Å². The molecule has 0 radical (unpaired) electrons. The van der Waals surface area contributed by atoms with Crippen LogP contribution in [-0.2, 0) is 13.1 Å². The number of rotatable bonds is 5. The molecule has 1 N–H and O–H groups in total. The molecule has 3 rings (SSSR count). The molecule has 2 heterocycles. The van der Waals surface area contributed by atoms with Crippen LogP contribution in [0, 0.1) is 13.8 Å². The van der Waals surface area contributed by atoms with Crippen LogP contribution >= 0.6 is 0 Å². The third kappa shape index (κ3) is 3.20. The van der Waals surface area contributed by atoms with E-state index in [0.29, 0.717) is 6.54 Å². The van der Waals surface area contributed by atoms with Gasteiger partial charge < -0.3 is 9.73 Å². The lowest BCUT2D eigenvalue weighted by atomic mass is 10.3. The zero-order valence-electron chi connectivity index (χ0n) is 12.2. The van der Waals surface area contributed by atoms with Crippen LogP contribution in [0.5, 0.6) is 0 Å². The van der Waals surface area contributed by atoms with Gasteiger partial charge in [0.05, 0.1) is 24.1 Å². The van der Waals surface area contributed by atoms with Gasteiger partial charge in [0, 0.05) is 18.3 Å². The van der Waals surface area contributed by atoms with Crippen molar-refractivity contribution in [2.75, 3.05) is 0 Å². The van der Waals surface area contributed by atoms with Crippen molar-refractivity contribution >= 4 is 0 Å². The number of benzene rings is 1. The summed E-state index contributed by atoms with van der Waals surface area (Å²) >= 11 is 0. The highest BCUT2D eigenvalue weighted by atomic mass is 16.4. The number of nitrogens with one attached hydrogen (secondary N) is 1. The molecule has 2 aromatic heterocycles. The molecule has 0 unspecified atom stereocenters. The fourth-order valence-electron chi connectivity index (χ4n) is 2.10. The summed E-state index contributed by atoms with van der Waals surface area (Å²) in [6.45, 7) is 5.22. The van der Waals surface area contributed by atoms with Crippen LogP contribution in [0.4, 0.5) is 0 Å². The van der Waals surface area contributed by atoms with Gasteiger partial charge in [-0.2, -0.15) is 5.10 Å². The Labute approximate surface area is 123 Å². The summed E-state index contributed by atoms with van der Waals surface area (Å²) in [5.74, 6) is 1.60. The molecule has 1 aromatic carbocycles. The van der Waals surface area contributed by atoms with Gasteiger partial charge in [0.15, 0.2) is 0 Å². The van der Waals surface area contributed by atoms with E-state index in [1.165, 1.54) is 0 Å². The minimum Gasteiger partial charge on any atom is -0.444 e. The Morgan fingerprint density at radius 1 is 1.14 bits per heavy atom. The summed E-state index contributed by atoms with van der Waals surface area (Å²) in [7, 11) is 0. The van der Waals surface area contributed by atoms with E-state index < -0.39 is 0 Å². The van der Waals surface area contributed by atoms with Crippen molar-refractivity contribution in [3.05, 3.63) is 65.6 Å². The smallest absolute Gasteiger partial charge is 0.208 e. The molecule has 0 fully saturated rings. The second kappa shape index (κ2) is 5.93. The molecule has 0 atom stereocenters. The van der Waals surface area contributed by atoms with Crippen molar-refractivity contribution in [2.45, 2.75) is 26.9 Å². The van der Waals surface area contributed by atoms with E-state index in [9.17, 15) is 0 Å². The van der Waals surface area contributed by atoms with Crippen LogP contribution < -0.4 is 5.32 Å². The van der Waals surface area contributed by atoms with Crippen molar-refractivity contribution in [3.63, 3.8) is 0 Å². The molecule has 0 spiro atoms. The maximum absolute atomic E-state index is 5.53.